The van der Waals surface area contributed by atoms with Gasteiger partial charge in [0.2, 0.25) is 5.88 Å². The summed E-state index contributed by atoms with van der Waals surface area (Å²) in [7, 11) is 0. The Hall–Kier alpha value is -5.49. The number of hydrogen-bond donors (Lipinski definition) is 3. The molecular formula is C28H19N5O4. The summed E-state index contributed by atoms with van der Waals surface area (Å²) in [6, 6.07) is 24.1. The molecule has 0 fully saturated rings. The average molecular weight is 489 g/mol. The van der Waals surface area contributed by atoms with Crippen LogP contribution in [0.3, 0.4) is 0 Å². The van der Waals surface area contributed by atoms with Gasteiger partial charge in [-0.25, -0.2) is 14.4 Å². The fourth-order valence-corrected chi connectivity index (χ4v) is 4.19. The van der Waals surface area contributed by atoms with Gasteiger partial charge in [0, 0.05) is 16.8 Å². The lowest BCUT2D eigenvalue weighted by atomic mass is 9.99. The number of aliphatic imine (C=N–C) groups is 1. The zero-order valence-corrected chi connectivity index (χ0v) is 19.5. The predicted octanol–water partition coefficient (Wildman–Crippen LogP) is 3.26. The van der Waals surface area contributed by atoms with Crippen molar-refractivity contribution < 1.29 is 9.90 Å². The molecule has 2 heterocycles. The summed E-state index contributed by atoms with van der Waals surface area (Å²) in [6.07, 6.45) is 0. The molecule has 0 unspecified atom stereocenters. The lowest BCUT2D eigenvalue weighted by molar-refractivity contribution is -0.112. The normalized spacial score (nSPS) is 13.4. The number of amides is 1. The standard InChI is InChI=1S/C28H19N5O4/c1-16-8-7-9-17(14-16)30-25(34)21(15-29)23-19-12-5-6-13-20(19)24(31-23)22-26(35)32-28(37)33(27(22)36)18-10-3-2-4-11-18/h2-14,36H,1H3,(H,30,34)(H,32,35,37). The van der Waals surface area contributed by atoms with E-state index in [9.17, 15) is 24.8 Å². The van der Waals surface area contributed by atoms with E-state index >= 15 is 0 Å². The quantitative estimate of drug-likeness (QED) is 0.298. The van der Waals surface area contributed by atoms with Gasteiger partial charge < -0.3 is 10.4 Å². The number of carbonyl (C=O) groups is 1. The average Bonchev–Trinajstić information content (AvgIpc) is 3.24. The van der Waals surface area contributed by atoms with Crippen LogP contribution >= 0.6 is 0 Å². The molecule has 0 atom stereocenters. The van der Waals surface area contributed by atoms with Crippen molar-refractivity contribution in [1.29, 1.82) is 5.26 Å². The van der Waals surface area contributed by atoms with E-state index in [1.807, 2.05) is 19.1 Å². The van der Waals surface area contributed by atoms with Crippen molar-refractivity contribution in [2.75, 3.05) is 5.32 Å². The SMILES string of the molecule is Cc1cccc(NC(=O)C(C#N)=C2N=C(c3c(O)n(-c4ccccc4)c(=O)[nH]c3=O)c3ccccc32)c1. The molecule has 0 spiro atoms. The number of para-hydroxylation sites is 1. The molecule has 0 saturated carbocycles. The second kappa shape index (κ2) is 9.28. The van der Waals surface area contributed by atoms with E-state index in [0.717, 1.165) is 10.1 Å². The Kier molecular flexibility index (Phi) is 5.83. The molecule has 1 aliphatic heterocycles. The van der Waals surface area contributed by atoms with Gasteiger partial charge in [-0.1, -0.05) is 54.6 Å². The second-order valence-corrected chi connectivity index (χ2v) is 8.29. The highest BCUT2D eigenvalue weighted by molar-refractivity contribution is 6.24. The molecule has 1 aliphatic rings. The number of aromatic hydroxyl groups is 1. The first-order valence-electron chi connectivity index (χ1n) is 11.2. The first-order valence-corrected chi connectivity index (χ1v) is 11.2. The van der Waals surface area contributed by atoms with Crippen molar-refractivity contribution in [2.45, 2.75) is 6.92 Å². The Morgan fingerprint density at radius 3 is 2.41 bits per heavy atom. The monoisotopic (exact) mass is 489 g/mol. The summed E-state index contributed by atoms with van der Waals surface area (Å²) in [5.41, 5.74) is 0.509. The highest BCUT2D eigenvalue weighted by Gasteiger charge is 2.31. The molecule has 3 aromatic carbocycles. The Labute approximate surface area is 210 Å². The Morgan fingerprint density at radius 2 is 1.70 bits per heavy atom. The molecule has 180 valence electrons. The number of benzene rings is 3. The first kappa shape index (κ1) is 23.3. The largest absolute Gasteiger partial charge is 0.493 e. The molecule has 0 bridgehead atoms. The topological polar surface area (TPSA) is 140 Å². The number of rotatable bonds is 4. The molecular weight excluding hydrogens is 470 g/mol. The van der Waals surface area contributed by atoms with Gasteiger partial charge in [-0.05, 0) is 36.8 Å². The van der Waals surface area contributed by atoms with Crippen molar-refractivity contribution in [3.8, 4) is 17.6 Å². The zero-order valence-electron chi connectivity index (χ0n) is 19.5. The van der Waals surface area contributed by atoms with Gasteiger partial charge >= 0.3 is 5.69 Å². The third-order valence-corrected chi connectivity index (χ3v) is 5.85. The molecule has 9 nitrogen and oxygen atoms in total. The van der Waals surface area contributed by atoms with Crippen LogP contribution in [0.5, 0.6) is 5.88 Å². The third-order valence-electron chi connectivity index (χ3n) is 5.85. The number of hydrogen-bond acceptors (Lipinski definition) is 6. The predicted molar refractivity (Wildman–Crippen MR) is 139 cm³/mol. The van der Waals surface area contributed by atoms with E-state index in [1.165, 1.54) is 0 Å². The molecule has 0 aliphatic carbocycles. The fourth-order valence-electron chi connectivity index (χ4n) is 4.19. The molecule has 1 amide bonds. The molecule has 37 heavy (non-hydrogen) atoms. The minimum Gasteiger partial charge on any atom is -0.493 e. The summed E-state index contributed by atoms with van der Waals surface area (Å²) in [5.74, 6) is -1.28. The Morgan fingerprint density at radius 1 is 1.00 bits per heavy atom. The maximum absolute atomic E-state index is 13.1. The molecule has 0 radical (unpaired) electrons. The van der Waals surface area contributed by atoms with Gasteiger partial charge in [0.1, 0.15) is 17.2 Å². The minimum atomic E-state index is -0.854. The van der Waals surface area contributed by atoms with Gasteiger partial charge in [-0.2, -0.15) is 5.26 Å². The highest BCUT2D eigenvalue weighted by Crippen LogP contribution is 2.35. The van der Waals surface area contributed by atoms with Gasteiger partial charge in [-0.15, -0.1) is 0 Å². The van der Waals surface area contributed by atoms with Crippen LogP contribution in [-0.4, -0.2) is 26.3 Å². The number of nitrogens with zero attached hydrogens (tertiary/aromatic N) is 3. The number of nitrogens with one attached hydrogen (secondary N) is 2. The van der Waals surface area contributed by atoms with E-state index in [-0.39, 0.29) is 22.5 Å². The molecule has 4 aromatic rings. The number of fused-ring (bicyclic) bond motifs is 1. The number of aromatic amines is 1. The Bertz CT molecular complexity index is 1790. The summed E-state index contributed by atoms with van der Waals surface area (Å²) >= 11 is 0. The zero-order chi connectivity index (χ0) is 26.1. The fraction of sp³-hybridized carbons (Fsp3) is 0.0357. The highest BCUT2D eigenvalue weighted by atomic mass is 16.3. The smallest absolute Gasteiger partial charge is 0.335 e. The van der Waals surface area contributed by atoms with Crippen LogP contribution in [0.2, 0.25) is 0 Å². The van der Waals surface area contributed by atoms with Gasteiger partial charge in [0.05, 0.1) is 17.1 Å². The van der Waals surface area contributed by atoms with Crippen molar-refractivity contribution in [1.82, 2.24) is 9.55 Å². The van der Waals surface area contributed by atoms with Crippen molar-refractivity contribution in [3.05, 3.63) is 128 Å². The van der Waals surface area contributed by atoms with Crippen LogP contribution in [-0.2, 0) is 4.79 Å². The molecule has 5 rings (SSSR count). The van der Waals surface area contributed by atoms with Gasteiger partial charge in [0.15, 0.2) is 0 Å². The van der Waals surface area contributed by atoms with Crippen LogP contribution in [0.15, 0.2) is 99.0 Å². The molecule has 0 saturated heterocycles. The Balaban J connectivity index is 1.70. The molecule has 3 N–H and O–H groups in total. The van der Waals surface area contributed by atoms with Crippen LogP contribution in [0.25, 0.3) is 11.4 Å². The number of aryl methyl sites for hydroxylation is 1. The van der Waals surface area contributed by atoms with Crippen molar-refractivity contribution in [3.63, 3.8) is 0 Å². The van der Waals surface area contributed by atoms with Gasteiger partial charge in [0.25, 0.3) is 11.5 Å². The summed E-state index contributed by atoms with van der Waals surface area (Å²) in [4.78, 5) is 45.3. The second-order valence-electron chi connectivity index (χ2n) is 8.29. The number of aromatic nitrogens is 2. The van der Waals surface area contributed by atoms with Gasteiger partial charge in [-0.3, -0.25) is 14.6 Å². The maximum atomic E-state index is 13.1. The van der Waals surface area contributed by atoms with E-state index < -0.39 is 23.0 Å². The molecule has 9 heteroatoms. The summed E-state index contributed by atoms with van der Waals surface area (Å²) in [5, 5.41) is 23.7. The lowest BCUT2D eigenvalue weighted by Gasteiger charge is -2.11. The van der Waals surface area contributed by atoms with Crippen LogP contribution in [0.4, 0.5) is 5.69 Å². The van der Waals surface area contributed by atoms with Crippen LogP contribution in [0.1, 0.15) is 22.3 Å². The number of carbonyl (C=O) groups excluding carboxylic acids is 1. The summed E-state index contributed by atoms with van der Waals surface area (Å²) in [6.45, 7) is 1.88. The van der Waals surface area contributed by atoms with E-state index in [4.69, 9.17) is 0 Å². The first-order chi connectivity index (χ1) is 17.9. The summed E-state index contributed by atoms with van der Waals surface area (Å²) < 4.78 is 0.958. The third kappa shape index (κ3) is 4.13. The minimum absolute atomic E-state index is 0.0325. The van der Waals surface area contributed by atoms with E-state index in [0.29, 0.717) is 22.5 Å². The van der Waals surface area contributed by atoms with Crippen molar-refractivity contribution in [2.24, 2.45) is 4.99 Å². The van der Waals surface area contributed by atoms with E-state index in [1.54, 1.807) is 72.8 Å². The lowest BCUT2D eigenvalue weighted by Crippen LogP contribution is -2.33. The maximum Gasteiger partial charge on any atom is 0.335 e. The number of anilines is 1. The van der Waals surface area contributed by atoms with Crippen LogP contribution in [0, 0.1) is 18.3 Å². The van der Waals surface area contributed by atoms with E-state index in [2.05, 4.69) is 15.3 Å². The van der Waals surface area contributed by atoms with Crippen LogP contribution < -0.4 is 16.6 Å². The molecule has 1 aromatic heterocycles. The van der Waals surface area contributed by atoms with Crippen molar-refractivity contribution >= 4 is 23.0 Å². The number of H-pyrrole nitrogens is 1. The number of nitriles is 1.